The minimum Gasteiger partial charge on any atom is -0.382 e. The Balaban J connectivity index is 1.66. The fraction of sp³-hybridized carbons (Fsp3) is 0.562. The second-order valence-corrected chi connectivity index (χ2v) is 6.60. The third-order valence-corrected chi connectivity index (χ3v) is 5.01. The highest BCUT2D eigenvalue weighted by Crippen LogP contribution is 2.33. The molecule has 1 saturated heterocycles. The lowest BCUT2D eigenvalue weighted by molar-refractivity contribution is 0.0494. The molecule has 130 valence electrons. The molecule has 0 saturated carbocycles. The highest BCUT2D eigenvalue weighted by atomic mass is 32.1. The van der Waals surface area contributed by atoms with E-state index in [-0.39, 0.29) is 18.6 Å². The van der Waals surface area contributed by atoms with E-state index in [0.29, 0.717) is 24.9 Å². The van der Waals surface area contributed by atoms with Gasteiger partial charge in [-0.3, -0.25) is 4.79 Å². The van der Waals surface area contributed by atoms with Gasteiger partial charge in [0, 0.05) is 13.7 Å². The van der Waals surface area contributed by atoms with Gasteiger partial charge < -0.3 is 18.9 Å². The monoisotopic (exact) mass is 351 g/mol. The molecule has 1 aliphatic rings. The predicted octanol–water partition coefficient (Wildman–Crippen LogP) is 2.58. The molecule has 2 aromatic heterocycles. The second-order valence-electron chi connectivity index (χ2n) is 5.68. The van der Waals surface area contributed by atoms with Crippen LogP contribution in [0, 0.1) is 6.92 Å². The summed E-state index contributed by atoms with van der Waals surface area (Å²) >= 11 is 1.48. The zero-order valence-electron chi connectivity index (χ0n) is 13.9. The molecule has 0 bridgehead atoms. The van der Waals surface area contributed by atoms with Crippen molar-refractivity contribution in [3.05, 3.63) is 33.6 Å². The highest BCUT2D eigenvalue weighted by molar-refractivity contribution is 7.12. The van der Waals surface area contributed by atoms with E-state index < -0.39 is 0 Å². The summed E-state index contributed by atoms with van der Waals surface area (Å²) < 4.78 is 15.5. The zero-order valence-corrected chi connectivity index (χ0v) is 14.7. The maximum Gasteiger partial charge on any atom is 0.264 e. The number of thiophene rings is 1. The number of likely N-dealkylation sites (tertiary alicyclic amines) is 1. The van der Waals surface area contributed by atoms with Crippen LogP contribution < -0.4 is 0 Å². The fourth-order valence-electron chi connectivity index (χ4n) is 2.76. The van der Waals surface area contributed by atoms with Crippen molar-refractivity contribution in [1.82, 2.24) is 15.0 Å². The number of aryl methyl sites for hydroxylation is 1. The second kappa shape index (κ2) is 7.87. The van der Waals surface area contributed by atoms with Gasteiger partial charge in [-0.1, -0.05) is 5.16 Å². The smallest absolute Gasteiger partial charge is 0.264 e. The molecule has 3 heterocycles. The molecule has 0 aliphatic carbocycles. The molecule has 0 aromatic carbocycles. The van der Waals surface area contributed by atoms with Crippen LogP contribution in [-0.2, 0) is 16.1 Å². The standard InChI is InChI=1S/C16H21N3O4S/c1-11-5-9-24-14(11)16(20)19-6-3-4-12(19)15-17-13(23-18-15)10-22-8-7-21-2/h5,9,12H,3-4,6-8,10H2,1-2H3. The molecule has 1 amide bonds. The lowest BCUT2D eigenvalue weighted by atomic mass is 10.2. The zero-order chi connectivity index (χ0) is 16.9. The summed E-state index contributed by atoms with van der Waals surface area (Å²) in [6.07, 6.45) is 1.79. The van der Waals surface area contributed by atoms with Crippen LogP contribution in [0.1, 0.15) is 45.8 Å². The molecule has 1 aliphatic heterocycles. The van der Waals surface area contributed by atoms with Crippen molar-refractivity contribution < 1.29 is 18.8 Å². The van der Waals surface area contributed by atoms with E-state index in [0.717, 1.165) is 29.8 Å². The first-order valence-electron chi connectivity index (χ1n) is 7.95. The van der Waals surface area contributed by atoms with E-state index in [9.17, 15) is 4.79 Å². The van der Waals surface area contributed by atoms with Crippen molar-refractivity contribution in [2.75, 3.05) is 26.9 Å². The maximum atomic E-state index is 12.8. The summed E-state index contributed by atoms with van der Waals surface area (Å²) in [7, 11) is 1.62. The average Bonchev–Trinajstić information content (AvgIpc) is 3.30. The van der Waals surface area contributed by atoms with E-state index in [4.69, 9.17) is 14.0 Å². The number of carbonyl (C=O) groups is 1. The number of rotatable bonds is 7. The first-order chi connectivity index (χ1) is 11.7. The Morgan fingerprint density at radius 2 is 2.38 bits per heavy atom. The van der Waals surface area contributed by atoms with Crippen molar-refractivity contribution >= 4 is 17.2 Å². The lowest BCUT2D eigenvalue weighted by Gasteiger charge is -2.21. The van der Waals surface area contributed by atoms with Crippen LogP contribution >= 0.6 is 11.3 Å². The Labute approximate surface area is 144 Å². The van der Waals surface area contributed by atoms with Crippen molar-refractivity contribution in [3.63, 3.8) is 0 Å². The Hall–Kier alpha value is -1.77. The Morgan fingerprint density at radius 3 is 3.12 bits per heavy atom. The van der Waals surface area contributed by atoms with Gasteiger partial charge in [0.05, 0.1) is 24.1 Å². The summed E-state index contributed by atoms with van der Waals surface area (Å²) in [4.78, 5) is 19.8. The molecule has 7 nitrogen and oxygen atoms in total. The topological polar surface area (TPSA) is 77.7 Å². The first-order valence-corrected chi connectivity index (χ1v) is 8.83. The summed E-state index contributed by atoms with van der Waals surface area (Å²) in [6, 6.07) is 1.84. The molecule has 1 fully saturated rings. The van der Waals surface area contributed by atoms with Gasteiger partial charge in [0.15, 0.2) is 5.82 Å². The molecule has 0 spiro atoms. The van der Waals surface area contributed by atoms with Crippen molar-refractivity contribution in [3.8, 4) is 0 Å². The number of aromatic nitrogens is 2. The molecular weight excluding hydrogens is 330 g/mol. The quantitative estimate of drug-likeness (QED) is 0.714. The number of hydrogen-bond acceptors (Lipinski definition) is 7. The number of ether oxygens (including phenoxy) is 2. The van der Waals surface area contributed by atoms with E-state index in [1.165, 1.54) is 11.3 Å². The van der Waals surface area contributed by atoms with Gasteiger partial charge in [-0.15, -0.1) is 11.3 Å². The Bertz CT molecular complexity index is 684. The van der Waals surface area contributed by atoms with Gasteiger partial charge >= 0.3 is 0 Å². The number of methoxy groups -OCH3 is 1. The molecule has 1 atom stereocenters. The van der Waals surface area contributed by atoms with Crippen LogP contribution in [-0.4, -0.2) is 47.8 Å². The van der Waals surface area contributed by atoms with Crippen LogP contribution in [0.3, 0.4) is 0 Å². The van der Waals surface area contributed by atoms with Gasteiger partial charge in [0.1, 0.15) is 6.61 Å². The summed E-state index contributed by atoms with van der Waals surface area (Å²) in [5.74, 6) is 1.03. The van der Waals surface area contributed by atoms with E-state index in [1.807, 2.05) is 23.3 Å². The van der Waals surface area contributed by atoms with Crippen LogP contribution in [0.25, 0.3) is 0 Å². The summed E-state index contributed by atoms with van der Waals surface area (Å²) in [5, 5.41) is 5.99. The van der Waals surface area contributed by atoms with Crippen molar-refractivity contribution in [2.45, 2.75) is 32.4 Å². The van der Waals surface area contributed by atoms with E-state index >= 15 is 0 Å². The minimum atomic E-state index is -0.129. The third kappa shape index (κ3) is 3.66. The largest absolute Gasteiger partial charge is 0.382 e. The molecule has 2 aromatic rings. The minimum absolute atomic E-state index is 0.0488. The number of amides is 1. The van der Waals surface area contributed by atoms with Crippen LogP contribution in [0.2, 0.25) is 0 Å². The Morgan fingerprint density at radius 1 is 1.50 bits per heavy atom. The lowest BCUT2D eigenvalue weighted by Crippen LogP contribution is -2.31. The third-order valence-electron chi connectivity index (χ3n) is 4.01. The van der Waals surface area contributed by atoms with E-state index in [1.54, 1.807) is 7.11 Å². The maximum absolute atomic E-state index is 12.8. The highest BCUT2D eigenvalue weighted by Gasteiger charge is 2.34. The summed E-state index contributed by atoms with van der Waals surface area (Å²) in [6.45, 7) is 3.92. The molecular formula is C16H21N3O4S. The number of hydrogen-bond donors (Lipinski definition) is 0. The van der Waals surface area contributed by atoms with Gasteiger partial charge in [0.25, 0.3) is 11.8 Å². The molecule has 0 radical (unpaired) electrons. The summed E-state index contributed by atoms with van der Waals surface area (Å²) in [5.41, 5.74) is 1.01. The SMILES string of the molecule is COCCOCc1nc(C2CCCN2C(=O)c2sccc2C)no1. The Kier molecular flexibility index (Phi) is 5.60. The molecule has 1 unspecified atom stereocenters. The molecule has 8 heteroatoms. The van der Waals surface area contributed by atoms with Crippen molar-refractivity contribution in [1.29, 1.82) is 0 Å². The normalized spacial score (nSPS) is 17.6. The van der Waals surface area contributed by atoms with Gasteiger partial charge in [-0.2, -0.15) is 4.98 Å². The van der Waals surface area contributed by atoms with Crippen molar-refractivity contribution in [2.24, 2.45) is 0 Å². The van der Waals surface area contributed by atoms with Gasteiger partial charge in [0.2, 0.25) is 0 Å². The molecule has 3 rings (SSSR count). The van der Waals surface area contributed by atoms with Crippen LogP contribution in [0.4, 0.5) is 0 Å². The number of carbonyl (C=O) groups excluding carboxylic acids is 1. The fourth-order valence-corrected chi connectivity index (χ4v) is 3.64. The van der Waals surface area contributed by atoms with E-state index in [2.05, 4.69) is 10.1 Å². The molecule has 24 heavy (non-hydrogen) atoms. The average molecular weight is 351 g/mol. The first kappa shape index (κ1) is 17.1. The molecule has 0 N–H and O–H groups in total. The van der Waals surface area contributed by atoms with Crippen LogP contribution in [0.15, 0.2) is 16.0 Å². The predicted molar refractivity (Wildman–Crippen MR) is 87.9 cm³/mol. The van der Waals surface area contributed by atoms with Gasteiger partial charge in [-0.25, -0.2) is 0 Å². The van der Waals surface area contributed by atoms with Crippen LogP contribution in [0.5, 0.6) is 0 Å². The number of nitrogens with zero attached hydrogens (tertiary/aromatic N) is 3. The van der Waals surface area contributed by atoms with Gasteiger partial charge in [-0.05, 0) is 36.8 Å².